The van der Waals surface area contributed by atoms with Crippen LogP contribution in [0.3, 0.4) is 0 Å². The molecule has 1 aromatic carbocycles. The van der Waals surface area contributed by atoms with E-state index in [1.54, 1.807) is 18.2 Å². The van der Waals surface area contributed by atoms with E-state index in [1.807, 2.05) is 0 Å². The number of benzene rings is 1. The standard InChI is InChI=1S/C11H13Cl2NO/c1-2-3-4-9(14)7-5-6-8(12)10(13)11(7)15/h2,5-6,9,15H,1,3-4,14H2/t9-/m1/s1. The Labute approximate surface area is 99.3 Å². The van der Waals surface area contributed by atoms with E-state index in [9.17, 15) is 5.11 Å². The van der Waals surface area contributed by atoms with Gasteiger partial charge in [0.05, 0.1) is 5.02 Å². The van der Waals surface area contributed by atoms with Crippen LogP contribution in [-0.2, 0) is 0 Å². The van der Waals surface area contributed by atoms with Crippen molar-refractivity contribution in [1.82, 2.24) is 0 Å². The lowest BCUT2D eigenvalue weighted by Gasteiger charge is -2.14. The number of aromatic hydroxyl groups is 1. The van der Waals surface area contributed by atoms with Crippen molar-refractivity contribution >= 4 is 23.2 Å². The molecule has 0 bridgehead atoms. The summed E-state index contributed by atoms with van der Waals surface area (Å²) in [6, 6.07) is 3.07. The fraction of sp³-hybridized carbons (Fsp3) is 0.273. The second-order valence-electron chi connectivity index (χ2n) is 3.27. The van der Waals surface area contributed by atoms with Gasteiger partial charge in [-0.15, -0.1) is 6.58 Å². The minimum Gasteiger partial charge on any atom is -0.506 e. The summed E-state index contributed by atoms with van der Waals surface area (Å²) in [5, 5.41) is 10.2. The van der Waals surface area contributed by atoms with Gasteiger partial charge in [-0.2, -0.15) is 0 Å². The van der Waals surface area contributed by atoms with Gasteiger partial charge < -0.3 is 10.8 Å². The minimum absolute atomic E-state index is 0.0271. The van der Waals surface area contributed by atoms with Crippen LogP contribution in [0.15, 0.2) is 24.8 Å². The Morgan fingerprint density at radius 3 is 2.73 bits per heavy atom. The van der Waals surface area contributed by atoms with Crippen molar-refractivity contribution in [3.63, 3.8) is 0 Å². The highest BCUT2D eigenvalue weighted by molar-refractivity contribution is 6.43. The first kappa shape index (κ1) is 12.4. The third-order valence-corrected chi connectivity index (χ3v) is 2.98. The lowest BCUT2D eigenvalue weighted by Crippen LogP contribution is -2.10. The number of phenols is 1. The zero-order valence-corrected chi connectivity index (χ0v) is 9.72. The van der Waals surface area contributed by atoms with Gasteiger partial charge in [-0.25, -0.2) is 0 Å². The normalized spacial score (nSPS) is 12.5. The van der Waals surface area contributed by atoms with Crippen molar-refractivity contribution in [3.8, 4) is 5.75 Å². The minimum atomic E-state index is -0.252. The van der Waals surface area contributed by atoms with Gasteiger partial charge in [0.15, 0.2) is 0 Å². The molecule has 0 aliphatic heterocycles. The molecule has 1 aromatic rings. The van der Waals surface area contributed by atoms with Crippen LogP contribution in [0.25, 0.3) is 0 Å². The summed E-state index contributed by atoms with van der Waals surface area (Å²) in [4.78, 5) is 0. The van der Waals surface area contributed by atoms with E-state index in [0.29, 0.717) is 10.6 Å². The fourth-order valence-electron chi connectivity index (χ4n) is 1.31. The first-order valence-electron chi connectivity index (χ1n) is 4.61. The van der Waals surface area contributed by atoms with E-state index in [4.69, 9.17) is 28.9 Å². The number of nitrogens with two attached hydrogens (primary N) is 1. The topological polar surface area (TPSA) is 46.2 Å². The fourth-order valence-corrected chi connectivity index (χ4v) is 1.63. The molecule has 0 unspecified atom stereocenters. The van der Waals surface area contributed by atoms with Crippen molar-refractivity contribution in [2.45, 2.75) is 18.9 Å². The molecular weight excluding hydrogens is 233 g/mol. The highest BCUT2D eigenvalue weighted by Crippen LogP contribution is 2.37. The molecule has 82 valence electrons. The molecule has 0 heterocycles. The van der Waals surface area contributed by atoms with Crippen LogP contribution in [-0.4, -0.2) is 5.11 Å². The van der Waals surface area contributed by atoms with Gasteiger partial charge in [0.1, 0.15) is 10.8 Å². The lowest BCUT2D eigenvalue weighted by molar-refractivity contribution is 0.459. The van der Waals surface area contributed by atoms with E-state index in [1.165, 1.54) is 0 Å². The summed E-state index contributed by atoms with van der Waals surface area (Å²) in [6.07, 6.45) is 3.30. The maximum absolute atomic E-state index is 9.73. The van der Waals surface area contributed by atoms with E-state index in [2.05, 4.69) is 6.58 Å². The molecule has 15 heavy (non-hydrogen) atoms. The second kappa shape index (κ2) is 5.40. The van der Waals surface area contributed by atoms with Gasteiger partial charge in [-0.1, -0.05) is 35.3 Å². The maximum atomic E-state index is 9.73. The molecule has 0 spiro atoms. The lowest BCUT2D eigenvalue weighted by atomic mass is 10.0. The zero-order valence-electron chi connectivity index (χ0n) is 8.21. The van der Waals surface area contributed by atoms with Crippen LogP contribution in [0.4, 0.5) is 0 Å². The van der Waals surface area contributed by atoms with Crippen LogP contribution in [0.2, 0.25) is 10.0 Å². The summed E-state index contributed by atoms with van der Waals surface area (Å²) in [6.45, 7) is 3.62. The Morgan fingerprint density at radius 2 is 2.13 bits per heavy atom. The monoisotopic (exact) mass is 245 g/mol. The van der Waals surface area contributed by atoms with E-state index >= 15 is 0 Å². The molecular formula is C11H13Cl2NO. The molecule has 0 saturated carbocycles. The highest BCUT2D eigenvalue weighted by atomic mass is 35.5. The Balaban J connectivity index is 2.94. The van der Waals surface area contributed by atoms with Crippen molar-refractivity contribution in [3.05, 3.63) is 40.4 Å². The van der Waals surface area contributed by atoms with Crippen molar-refractivity contribution < 1.29 is 5.11 Å². The molecule has 0 aromatic heterocycles. The number of allylic oxidation sites excluding steroid dienone is 1. The average molecular weight is 246 g/mol. The second-order valence-corrected chi connectivity index (χ2v) is 4.06. The number of hydrogen-bond donors (Lipinski definition) is 2. The Hall–Kier alpha value is -0.700. The molecule has 0 saturated heterocycles. The Kier molecular flexibility index (Phi) is 4.45. The van der Waals surface area contributed by atoms with Gasteiger partial charge in [0, 0.05) is 11.6 Å². The third kappa shape index (κ3) is 2.88. The molecule has 3 N–H and O–H groups in total. The van der Waals surface area contributed by atoms with Gasteiger partial charge in [-0.3, -0.25) is 0 Å². The van der Waals surface area contributed by atoms with Crippen molar-refractivity contribution in [1.29, 1.82) is 0 Å². The Bertz CT molecular complexity index is 366. The number of phenolic OH excluding ortho intramolecular Hbond substituents is 1. The summed E-state index contributed by atoms with van der Waals surface area (Å²) >= 11 is 11.5. The molecule has 1 rings (SSSR count). The first-order chi connectivity index (χ1) is 7.07. The predicted molar refractivity (Wildman–Crippen MR) is 64.5 cm³/mol. The average Bonchev–Trinajstić information content (AvgIpc) is 2.23. The van der Waals surface area contributed by atoms with Gasteiger partial charge in [-0.05, 0) is 18.9 Å². The maximum Gasteiger partial charge on any atom is 0.140 e. The van der Waals surface area contributed by atoms with Crippen LogP contribution in [0.5, 0.6) is 5.75 Å². The summed E-state index contributed by atoms with van der Waals surface area (Å²) in [5.74, 6) is -0.0271. The Morgan fingerprint density at radius 1 is 1.47 bits per heavy atom. The number of halogens is 2. The largest absolute Gasteiger partial charge is 0.506 e. The zero-order chi connectivity index (χ0) is 11.4. The molecule has 0 fully saturated rings. The molecule has 4 heteroatoms. The quantitative estimate of drug-likeness (QED) is 0.796. The summed E-state index contributed by atoms with van der Waals surface area (Å²) in [7, 11) is 0. The van der Waals surface area contributed by atoms with Crippen LogP contribution >= 0.6 is 23.2 Å². The third-order valence-electron chi connectivity index (χ3n) is 2.18. The molecule has 0 aliphatic carbocycles. The number of hydrogen-bond acceptors (Lipinski definition) is 2. The van der Waals surface area contributed by atoms with Gasteiger partial charge in [0.25, 0.3) is 0 Å². The van der Waals surface area contributed by atoms with Crippen molar-refractivity contribution in [2.24, 2.45) is 5.73 Å². The van der Waals surface area contributed by atoms with E-state index in [0.717, 1.165) is 12.8 Å². The van der Waals surface area contributed by atoms with Gasteiger partial charge in [0.2, 0.25) is 0 Å². The number of rotatable bonds is 4. The summed E-state index contributed by atoms with van der Waals surface area (Å²) < 4.78 is 0. The predicted octanol–water partition coefficient (Wildman–Crippen LogP) is 3.67. The first-order valence-corrected chi connectivity index (χ1v) is 5.36. The highest BCUT2D eigenvalue weighted by Gasteiger charge is 2.14. The molecule has 1 atom stereocenters. The van der Waals surface area contributed by atoms with Crippen molar-refractivity contribution in [2.75, 3.05) is 0 Å². The molecule has 0 radical (unpaired) electrons. The smallest absolute Gasteiger partial charge is 0.140 e. The van der Waals surface area contributed by atoms with Gasteiger partial charge >= 0.3 is 0 Å². The SMILES string of the molecule is C=CCC[C@@H](N)c1ccc(Cl)c(Cl)c1O. The van der Waals surface area contributed by atoms with Crippen LogP contribution in [0, 0.1) is 0 Å². The molecule has 2 nitrogen and oxygen atoms in total. The molecule has 0 amide bonds. The van der Waals surface area contributed by atoms with E-state index < -0.39 is 0 Å². The molecule has 0 aliphatic rings. The van der Waals surface area contributed by atoms with Crippen LogP contribution < -0.4 is 5.73 Å². The summed E-state index contributed by atoms with van der Waals surface area (Å²) in [5.41, 5.74) is 6.51. The van der Waals surface area contributed by atoms with E-state index in [-0.39, 0.29) is 16.8 Å². The van der Waals surface area contributed by atoms with Crippen LogP contribution in [0.1, 0.15) is 24.4 Å².